The average Bonchev–Trinajstić information content (AvgIpc) is 3.07. The summed E-state index contributed by atoms with van der Waals surface area (Å²) in [6.07, 6.45) is 3.44. The van der Waals surface area contributed by atoms with Crippen molar-refractivity contribution in [2.24, 2.45) is 11.1 Å². The third kappa shape index (κ3) is 3.30. The molecule has 1 amide bonds. The van der Waals surface area contributed by atoms with Gasteiger partial charge in [-0.25, -0.2) is 0 Å². The minimum absolute atomic E-state index is 0.0515. The molecule has 92 valence electrons. The van der Waals surface area contributed by atoms with E-state index < -0.39 is 6.04 Å². The Balaban J connectivity index is 1.86. The van der Waals surface area contributed by atoms with Crippen LogP contribution < -0.4 is 11.1 Å². The summed E-state index contributed by atoms with van der Waals surface area (Å²) in [5.74, 6) is -0.0515. The predicted molar refractivity (Wildman–Crippen MR) is 68.5 cm³/mol. The fourth-order valence-electron chi connectivity index (χ4n) is 2.06. The van der Waals surface area contributed by atoms with Crippen molar-refractivity contribution in [1.82, 2.24) is 5.32 Å². The van der Waals surface area contributed by atoms with Crippen molar-refractivity contribution in [3.8, 4) is 0 Å². The molecular weight excluding hydrogens is 212 g/mol. The Morgan fingerprint density at radius 2 is 2.06 bits per heavy atom. The first-order chi connectivity index (χ1) is 8.11. The molecule has 0 radical (unpaired) electrons. The van der Waals surface area contributed by atoms with E-state index in [-0.39, 0.29) is 11.3 Å². The number of benzene rings is 1. The van der Waals surface area contributed by atoms with Gasteiger partial charge in [-0.05, 0) is 37.2 Å². The number of hydrogen-bond donors (Lipinski definition) is 2. The Morgan fingerprint density at radius 1 is 1.41 bits per heavy atom. The third-order valence-corrected chi connectivity index (χ3v) is 3.43. The molecule has 0 saturated heterocycles. The molecule has 1 atom stereocenters. The number of rotatable bonds is 5. The first-order valence-corrected chi connectivity index (χ1v) is 6.19. The minimum atomic E-state index is -0.414. The van der Waals surface area contributed by atoms with Gasteiger partial charge in [0.25, 0.3) is 0 Å². The quantitative estimate of drug-likeness (QED) is 0.807. The van der Waals surface area contributed by atoms with Gasteiger partial charge in [0, 0.05) is 6.54 Å². The van der Waals surface area contributed by atoms with Crippen LogP contribution in [0.5, 0.6) is 0 Å². The van der Waals surface area contributed by atoms with E-state index in [2.05, 4.69) is 29.6 Å². The molecule has 3 N–H and O–H groups in total. The summed E-state index contributed by atoms with van der Waals surface area (Å²) in [6.45, 7) is 2.47. The van der Waals surface area contributed by atoms with E-state index in [1.54, 1.807) is 6.92 Å². The molecule has 2 rings (SSSR count). The standard InChI is InChI=1S/C14H20N2O/c1-11(15)13(17)16-10-14(7-8-14)9-12-5-3-2-4-6-12/h2-6,11H,7-10,15H2,1H3,(H,16,17). The van der Waals surface area contributed by atoms with Crippen molar-refractivity contribution in [3.63, 3.8) is 0 Å². The summed E-state index contributed by atoms with van der Waals surface area (Å²) < 4.78 is 0. The van der Waals surface area contributed by atoms with Crippen LogP contribution in [0.1, 0.15) is 25.3 Å². The van der Waals surface area contributed by atoms with Crippen molar-refractivity contribution in [2.75, 3.05) is 6.54 Å². The van der Waals surface area contributed by atoms with Gasteiger partial charge < -0.3 is 11.1 Å². The van der Waals surface area contributed by atoms with E-state index >= 15 is 0 Å². The monoisotopic (exact) mass is 232 g/mol. The van der Waals surface area contributed by atoms with Gasteiger partial charge in [-0.1, -0.05) is 30.3 Å². The number of carbonyl (C=O) groups is 1. The van der Waals surface area contributed by atoms with Crippen molar-refractivity contribution in [2.45, 2.75) is 32.2 Å². The zero-order valence-corrected chi connectivity index (χ0v) is 10.3. The fourth-order valence-corrected chi connectivity index (χ4v) is 2.06. The molecule has 1 saturated carbocycles. The lowest BCUT2D eigenvalue weighted by atomic mass is 9.96. The van der Waals surface area contributed by atoms with E-state index in [0.717, 1.165) is 13.0 Å². The Hall–Kier alpha value is -1.35. The van der Waals surface area contributed by atoms with Crippen LogP contribution in [-0.2, 0) is 11.2 Å². The zero-order chi connectivity index (χ0) is 12.3. The maximum absolute atomic E-state index is 11.4. The lowest BCUT2D eigenvalue weighted by molar-refractivity contribution is -0.122. The Kier molecular flexibility index (Phi) is 3.48. The molecule has 0 bridgehead atoms. The lowest BCUT2D eigenvalue weighted by Crippen LogP contribution is -2.41. The highest BCUT2D eigenvalue weighted by molar-refractivity contribution is 5.81. The molecule has 1 aliphatic carbocycles. The van der Waals surface area contributed by atoms with Crippen LogP contribution in [0, 0.1) is 5.41 Å². The van der Waals surface area contributed by atoms with Crippen LogP contribution >= 0.6 is 0 Å². The van der Waals surface area contributed by atoms with Crippen LogP contribution in [0.4, 0.5) is 0 Å². The number of amides is 1. The predicted octanol–water partition coefficient (Wildman–Crippen LogP) is 1.47. The van der Waals surface area contributed by atoms with Crippen molar-refractivity contribution >= 4 is 5.91 Å². The fraction of sp³-hybridized carbons (Fsp3) is 0.500. The summed E-state index contributed by atoms with van der Waals surface area (Å²) in [5.41, 5.74) is 7.16. The van der Waals surface area contributed by atoms with Crippen LogP contribution in [0.15, 0.2) is 30.3 Å². The molecule has 1 aromatic carbocycles. The van der Waals surface area contributed by atoms with Gasteiger partial charge in [0.2, 0.25) is 5.91 Å². The minimum Gasteiger partial charge on any atom is -0.354 e. The summed E-state index contributed by atoms with van der Waals surface area (Å²) in [7, 11) is 0. The van der Waals surface area contributed by atoms with Crippen LogP contribution in [0.3, 0.4) is 0 Å². The highest BCUT2D eigenvalue weighted by atomic mass is 16.2. The van der Waals surface area contributed by atoms with Gasteiger partial charge >= 0.3 is 0 Å². The molecule has 0 spiro atoms. The van der Waals surface area contributed by atoms with Crippen LogP contribution in [-0.4, -0.2) is 18.5 Å². The normalized spacial score (nSPS) is 18.5. The molecule has 17 heavy (non-hydrogen) atoms. The summed E-state index contributed by atoms with van der Waals surface area (Å²) in [5, 5.41) is 2.94. The second-order valence-electron chi connectivity index (χ2n) is 5.17. The summed E-state index contributed by atoms with van der Waals surface area (Å²) in [4.78, 5) is 11.4. The SMILES string of the molecule is CC(N)C(=O)NCC1(Cc2ccccc2)CC1. The van der Waals surface area contributed by atoms with Crippen LogP contribution in [0.2, 0.25) is 0 Å². The van der Waals surface area contributed by atoms with Gasteiger partial charge in [0.05, 0.1) is 6.04 Å². The largest absolute Gasteiger partial charge is 0.354 e. The highest BCUT2D eigenvalue weighted by Crippen LogP contribution is 2.47. The van der Waals surface area contributed by atoms with Crippen molar-refractivity contribution < 1.29 is 4.79 Å². The molecule has 3 heteroatoms. The zero-order valence-electron chi connectivity index (χ0n) is 10.3. The summed E-state index contributed by atoms with van der Waals surface area (Å²) >= 11 is 0. The van der Waals surface area contributed by atoms with E-state index in [1.807, 2.05) is 6.07 Å². The summed E-state index contributed by atoms with van der Waals surface area (Å²) in [6, 6.07) is 10.0. The molecule has 1 aliphatic rings. The third-order valence-electron chi connectivity index (χ3n) is 3.43. The maximum atomic E-state index is 11.4. The maximum Gasteiger partial charge on any atom is 0.236 e. The van der Waals surface area contributed by atoms with Gasteiger partial charge in [-0.15, -0.1) is 0 Å². The smallest absolute Gasteiger partial charge is 0.236 e. The van der Waals surface area contributed by atoms with Gasteiger partial charge in [0.1, 0.15) is 0 Å². The van der Waals surface area contributed by atoms with E-state index in [0.29, 0.717) is 0 Å². The molecule has 0 heterocycles. The lowest BCUT2D eigenvalue weighted by Gasteiger charge is -2.17. The van der Waals surface area contributed by atoms with E-state index in [1.165, 1.54) is 18.4 Å². The highest BCUT2D eigenvalue weighted by Gasteiger charge is 2.42. The molecule has 1 unspecified atom stereocenters. The topological polar surface area (TPSA) is 55.1 Å². The number of hydrogen-bond acceptors (Lipinski definition) is 2. The molecule has 3 nitrogen and oxygen atoms in total. The first kappa shape index (κ1) is 12.1. The van der Waals surface area contributed by atoms with Crippen LogP contribution in [0.25, 0.3) is 0 Å². The molecular formula is C14H20N2O. The number of nitrogens with two attached hydrogens (primary N) is 1. The van der Waals surface area contributed by atoms with Crippen molar-refractivity contribution in [1.29, 1.82) is 0 Å². The van der Waals surface area contributed by atoms with Gasteiger partial charge in [-0.3, -0.25) is 4.79 Å². The average molecular weight is 232 g/mol. The Morgan fingerprint density at radius 3 is 2.59 bits per heavy atom. The van der Waals surface area contributed by atoms with Crippen molar-refractivity contribution in [3.05, 3.63) is 35.9 Å². The molecule has 0 aromatic heterocycles. The second-order valence-corrected chi connectivity index (χ2v) is 5.17. The first-order valence-electron chi connectivity index (χ1n) is 6.19. The second kappa shape index (κ2) is 4.88. The Bertz CT molecular complexity index is 382. The number of carbonyl (C=O) groups excluding carboxylic acids is 1. The Labute approximate surface area is 102 Å². The van der Waals surface area contributed by atoms with E-state index in [4.69, 9.17) is 5.73 Å². The van der Waals surface area contributed by atoms with E-state index in [9.17, 15) is 4.79 Å². The van der Waals surface area contributed by atoms with Gasteiger partial charge in [0.15, 0.2) is 0 Å². The molecule has 0 aliphatic heterocycles. The molecule has 1 fully saturated rings. The number of nitrogens with one attached hydrogen (secondary N) is 1. The van der Waals surface area contributed by atoms with Gasteiger partial charge in [-0.2, -0.15) is 0 Å². The molecule has 1 aromatic rings.